The number of nitrogens with one attached hydrogen (secondary N) is 1. The molecule has 2 nitrogen and oxygen atoms in total. The van der Waals surface area contributed by atoms with Gasteiger partial charge in [0.15, 0.2) is 0 Å². The molecule has 0 amide bonds. The normalized spacial score (nSPS) is 25.1. The van der Waals surface area contributed by atoms with E-state index in [2.05, 4.69) is 12.5 Å². The highest BCUT2D eigenvalue weighted by Gasteiger charge is 2.00. The van der Waals surface area contributed by atoms with Gasteiger partial charge in [-0.15, -0.1) is 0 Å². The quantitative estimate of drug-likeness (QED) is 0.499. The second-order valence-electron chi connectivity index (χ2n) is 2.23. The van der Waals surface area contributed by atoms with E-state index in [-0.39, 0.29) is 0 Å². The van der Waals surface area contributed by atoms with Gasteiger partial charge < -0.3 is 0 Å². The lowest BCUT2D eigenvalue weighted by Gasteiger charge is -2.12. The van der Waals surface area contributed by atoms with Crippen LogP contribution in [0.4, 0.5) is 0 Å². The van der Waals surface area contributed by atoms with Crippen LogP contribution < -0.4 is 5.43 Å². The maximum atomic E-state index is 3.78. The molecule has 0 bridgehead atoms. The predicted molar refractivity (Wildman–Crippen MR) is 33.9 cm³/mol. The van der Waals surface area contributed by atoms with Gasteiger partial charge in [0.1, 0.15) is 0 Å². The third-order valence-electron chi connectivity index (χ3n) is 1.44. The molecule has 1 fully saturated rings. The van der Waals surface area contributed by atoms with Crippen molar-refractivity contribution in [3.8, 4) is 0 Å². The Morgan fingerprint density at radius 3 is 3.00 bits per heavy atom. The molecule has 0 aliphatic carbocycles. The van der Waals surface area contributed by atoms with Crippen LogP contribution in [0.5, 0.6) is 0 Å². The molecule has 2 heteroatoms. The zero-order valence-corrected chi connectivity index (χ0v) is 5.19. The standard InChI is InChI=1S/C6H13N2/c1-8-6-4-2-3-5-7-8/h7H,1-6H2. The molecule has 0 atom stereocenters. The van der Waals surface area contributed by atoms with Gasteiger partial charge in [0.05, 0.1) is 0 Å². The SMILES string of the molecule is [CH2]N1CCCCCN1. The molecule has 0 aromatic rings. The summed E-state index contributed by atoms with van der Waals surface area (Å²) in [5.74, 6) is 0. The molecule has 1 aliphatic rings. The van der Waals surface area contributed by atoms with Crippen LogP contribution in [0.25, 0.3) is 0 Å². The second kappa shape index (κ2) is 3.05. The van der Waals surface area contributed by atoms with Gasteiger partial charge >= 0.3 is 0 Å². The van der Waals surface area contributed by atoms with Crippen molar-refractivity contribution in [2.75, 3.05) is 13.1 Å². The van der Waals surface area contributed by atoms with E-state index >= 15 is 0 Å². The van der Waals surface area contributed by atoms with Crippen LogP contribution in [0, 0.1) is 7.05 Å². The number of rotatable bonds is 0. The summed E-state index contributed by atoms with van der Waals surface area (Å²) in [5, 5.41) is 1.92. The van der Waals surface area contributed by atoms with Gasteiger partial charge in [-0.3, -0.25) is 5.43 Å². The van der Waals surface area contributed by atoms with Crippen LogP contribution in [-0.2, 0) is 0 Å². The monoisotopic (exact) mass is 113 g/mol. The van der Waals surface area contributed by atoms with Gasteiger partial charge in [-0.05, 0) is 12.8 Å². The first kappa shape index (κ1) is 6.05. The van der Waals surface area contributed by atoms with Gasteiger partial charge in [0, 0.05) is 20.1 Å². The van der Waals surface area contributed by atoms with Crippen LogP contribution in [-0.4, -0.2) is 18.1 Å². The summed E-state index contributed by atoms with van der Waals surface area (Å²) in [4.78, 5) is 0. The summed E-state index contributed by atoms with van der Waals surface area (Å²) < 4.78 is 0. The van der Waals surface area contributed by atoms with Crippen molar-refractivity contribution in [3.63, 3.8) is 0 Å². The summed E-state index contributed by atoms with van der Waals surface area (Å²) in [7, 11) is 3.78. The molecule has 1 aliphatic heterocycles. The van der Waals surface area contributed by atoms with Crippen molar-refractivity contribution in [1.29, 1.82) is 0 Å². The van der Waals surface area contributed by atoms with Crippen LogP contribution >= 0.6 is 0 Å². The average Bonchev–Trinajstić information content (AvgIpc) is 1.94. The highest BCUT2D eigenvalue weighted by atomic mass is 15.5. The summed E-state index contributed by atoms with van der Waals surface area (Å²) in [6, 6.07) is 0. The van der Waals surface area contributed by atoms with E-state index < -0.39 is 0 Å². The van der Waals surface area contributed by atoms with Crippen molar-refractivity contribution >= 4 is 0 Å². The molecular formula is C6H13N2. The Morgan fingerprint density at radius 1 is 1.25 bits per heavy atom. The van der Waals surface area contributed by atoms with E-state index in [9.17, 15) is 0 Å². The van der Waals surface area contributed by atoms with Crippen LogP contribution in [0.1, 0.15) is 19.3 Å². The van der Waals surface area contributed by atoms with Crippen molar-refractivity contribution in [2.45, 2.75) is 19.3 Å². The molecule has 1 rings (SSSR count). The van der Waals surface area contributed by atoms with Gasteiger partial charge in [-0.25, -0.2) is 5.01 Å². The Hall–Kier alpha value is -0.0800. The maximum absolute atomic E-state index is 3.78. The van der Waals surface area contributed by atoms with Crippen LogP contribution in [0.15, 0.2) is 0 Å². The molecule has 0 unspecified atom stereocenters. The first-order valence-electron chi connectivity index (χ1n) is 3.21. The maximum Gasteiger partial charge on any atom is 0.0272 e. The lowest BCUT2D eigenvalue weighted by molar-refractivity contribution is 0.285. The largest absolute Gasteiger partial charge is 0.255 e. The van der Waals surface area contributed by atoms with Crippen molar-refractivity contribution in [3.05, 3.63) is 7.05 Å². The van der Waals surface area contributed by atoms with E-state index in [0.29, 0.717) is 0 Å². The minimum Gasteiger partial charge on any atom is -0.255 e. The van der Waals surface area contributed by atoms with Crippen LogP contribution in [0.3, 0.4) is 0 Å². The molecule has 8 heavy (non-hydrogen) atoms. The van der Waals surface area contributed by atoms with Gasteiger partial charge in [-0.2, -0.15) is 0 Å². The third kappa shape index (κ3) is 1.80. The zero-order chi connectivity index (χ0) is 5.82. The molecule has 1 heterocycles. The highest BCUT2D eigenvalue weighted by molar-refractivity contribution is 4.56. The molecule has 1 radical (unpaired) electrons. The second-order valence-corrected chi connectivity index (χ2v) is 2.23. The molecule has 0 aromatic heterocycles. The van der Waals surface area contributed by atoms with Crippen molar-refractivity contribution in [1.82, 2.24) is 10.4 Å². The molecule has 1 N–H and O–H groups in total. The highest BCUT2D eigenvalue weighted by Crippen LogP contribution is 1.99. The Labute approximate surface area is 50.8 Å². The van der Waals surface area contributed by atoms with E-state index in [1.807, 2.05) is 5.01 Å². The topological polar surface area (TPSA) is 15.3 Å². The lowest BCUT2D eigenvalue weighted by Crippen LogP contribution is -2.31. The molecule has 0 aromatic carbocycles. The Morgan fingerprint density at radius 2 is 2.12 bits per heavy atom. The van der Waals surface area contributed by atoms with Crippen LogP contribution in [0.2, 0.25) is 0 Å². The Kier molecular flexibility index (Phi) is 2.30. The molecule has 0 saturated carbocycles. The first-order chi connectivity index (χ1) is 3.89. The Balaban J connectivity index is 2.17. The Bertz CT molecular complexity index is 55.5. The number of hydrogen-bond donors (Lipinski definition) is 1. The minimum atomic E-state index is 1.10. The molecule has 1 saturated heterocycles. The molecule has 0 spiro atoms. The van der Waals surface area contributed by atoms with E-state index in [4.69, 9.17) is 0 Å². The third-order valence-corrected chi connectivity index (χ3v) is 1.44. The van der Waals surface area contributed by atoms with Crippen molar-refractivity contribution in [2.24, 2.45) is 0 Å². The summed E-state index contributed by atoms with van der Waals surface area (Å²) in [6.07, 6.45) is 3.93. The van der Waals surface area contributed by atoms with Crippen molar-refractivity contribution < 1.29 is 0 Å². The van der Waals surface area contributed by atoms with E-state index in [1.54, 1.807) is 0 Å². The van der Waals surface area contributed by atoms with Gasteiger partial charge in [-0.1, -0.05) is 6.42 Å². The van der Waals surface area contributed by atoms with Gasteiger partial charge in [0.25, 0.3) is 0 Å². The first-order valence-corrected chi connectivity index (χ1v) is 3.21. The minimum absolute atomic E-state index is 1.10. The summed E-state index contributed by atoms with van der Waals surface area (Å²) >= 11 is 0. The summed E-state index contributed by atoms with van der Waals surface area (Å²) in [6.45, 7) is 2.20. The smallest absolute Gasteiger partial charge is 0.0272 e. The molecule has 47 valence electrons. The number of hydrazine groups is 1. The fraction of sp³-hybridized carbons (Fsp3) is 0.833. The number of nitrogens with zero attached hydrogens (tertiary/aromatic N) is 1. The number of hydrogen-bond acceptors (Lipinski definition) is 2. The average molecular weight is 113 g/mol. The molecular weight excluding hydrogens is 100 g/mol. The predicted octanol–water partition coefficient (Wildman–Crippen LogP) is 0.768. The fourth-order valence-corrected chi connectivity index (χ4v) is 0.921. The zero-order valence-electron chi connectivity index (χ0n) is 5.19. The van der Waals surface area contributed by atoms with E-state index in [1.165, 1.54) is 19.3 Å². The fourth-order valence-electron chi connectivity index (χ4n) is 0.921. The van der Waals surface area contributed by atoms with Gasteiger partial charge in [0.2, 0.25) is 0 Å². The summed E-state index contributed by atoms with van der Waals surface area (Å²) in [5.41, 5.74) is 3.17. The lowest BCUT2D eigenvalue weighted by atomic mass is 10.2. The van der Waals surface area contributed by atoms with E-state index in [0.717, 1.165) is 13.1 Å².